The Labute approximate surface area is 118 Å². The van der Waals surface area contributed by atoms with Crippen LogP contribution < -0.4 is 5.32 Å². The van der Waals surface area contributed by atoms with Crippen molar-refractivity contribution >= 4 is 27.2 Å². The molecule has 1 unspecified atom stereocenters. The highest BCUT2D eigenvalue weighted by Gasteiger charge is 2.23. The van der Waals surface area contributed by atoms with Gasteiger partial charge in [0.05, 0.1) is 0 Å². The fourth-order valence-electron chi connectivity index (χ4n) is 2.77. The lowest BCUT2D eigenvalue weighted by Crippen LogP contribution is -2.29. The number of nitrogens with zero attached hydrogens (tertiary/aromatic N) is 2. The zero-order valence-corrected chi connectivity index (χ0v) is 12.4. The van der Waals surface area contributed by atoms with Gasteiger partial charge in [-0.2, -0.15) is 0 Å². The predicted octanol–water partition coefficient (Wildman–Crippen LogP) is 3.44. The Morgan fingerprint density at radius 1 is 1.47 bits per heavy atom. The Morgan fingerprint density at radius 2 is 2.37 bits per heavy atom. The second-order valence-corrected chi connectivity index (χ2v) is 6.56. The minimum Gasteiger partial charge on any atom is -0.369 e. The standard InChI is InChI=1S/C15H21N3S/c1-11(2)18-7-4-12(10-18)9-17-15-13-5-8-19-14(13)3-6-16-15/h3,5-6,8,11-12H,4,7,9-10H2,1-2H3,(H,16,17). The third-order valence-corrected chi connectivity index (χ3v) is 4.87. The molecule has 0 aromatic carbocycles. The van der Waals surface area contributed by atoms with Crippen molar-refractivity contribution in [3.63, 3.8) is 0 Å². The van der Waals surface area contributed by atoms with E-state index in [-0.39, 0.29) is 0 Å². The Hall–Kier alpha value is -1.13. The van der Waals surface area contributed by atoms with Gasteiger partial charge in [0, 0.05) is 35.4 Å². The molecule has 3 rings (SSSR count). The second kappa shape index (κ2) is 5.47. The number of aromatic nitrogens is 1. The van der Waals surface area contributed by atoms with E-state index in [0.29, 0.717) is 6.04 Å². The summed E-state index contributed by atoms with van der Waals surface area (Å²) in [5.74, 6) is 1.79. The molecule has 3 heterocycles. The largest absolute Gasteiger partial charge is 0.369 e. The highest BCUT2D eigenvalue weighted by atomic mass is 32.1. The topological polar surface area (TPSA) is 28.2 Å². The van der Waals surface area contributed by atoms with Gasteiger partial charge in [0.15, 0.2) is 0 Å². The summed E-state index contributed by atoms with van der Waals surface area (Å²) in [6.07, 6.45) is 3.20. The minimum atomic E-state index is 0.670. The number of hydrogen-bond acceptors (Lipinski definition) is 4. The van der Waals surface area contributed by atoms with Crippen molar-refractivity contribution in [1.82, 2.24) is 9.88 Å². The van der Waals surface area contributed by atoms with Gasteiger partial charge in [0.2, 0.25) is 0 Å². The maximum atomic E-state index is 4.48. The van der Waals surface area contributed by atoms with Gasteiger partial charge in [0.1, 0.15) is 5.82 Å². The third kappa shape index (κ3) is 2.74. The monoisotopic (exact) mass is 275 g/mol. The number of likely N-dealkylation sites (tertiary alicyclic amines) is 1. The maximum absolute atomic E-state index is 4.48. The fourth-order valence-corrected chi connectivity index (χ4v) is 3.56. The van der Waals surface area contributed by atoms with Crippen molar-refractivity contribution in [3.05, 3.63) is 23.7 Å². The summed E-state index contributed by atoms with van der Waals surface area (Å²) < 4.78 is 1.31. The summed E-state index contributed by atoms with van der Waals surface area (Å²) >= 11 is 1.78. The quantitative estimate of drug-likeness (QED) is 0.926. The molecular weight excluding hydrogens is 254 g/mol. The lowest BCUT2D eigenvalue weighted by atomic mass is 10.1. The van der Waals surface area contributed by atoms with Crippen LogP contribution in [0, 0.1) is 5.92 Å². The van der Waals surface area contributed by atoms with Crippen molar-refractivity contribution in [2.75, 3.05) is 25.0 Å². The first-order valence-electron chi connectivity index (χ1n) is 7.04. The Bertz CT molecular complexity index is 549. The molecule has 2 aromatic rings. The molecule has 0 radical (unpaired) electrons. The van der Waals surface area contributed by atoms with E-state index in [1.807, 2.05) is 6.20 Å². The summed E-state index contributed by atoms with van der Waals surface area (Å²) in [7, 11) is 0. The molecule has 0 aliphatic carbocycles. The lowest BCUT2D eigenvalue weighted by molar-refractivity contribution is 0.266. The average Bonchev–Trinajstić information content (AvgIpc) is 3.05. The molecule has 0 bridgehead atoms. The number of nitrogens with one attached hydrogen (secondary N) is 1. The van der Waals surface area contributed by atoms with Crippen LogP contribution in [0.25, 0.3) is 10.1 Å². The van der Waals surface area contributed by atoms with E-state index in [4.69, 9.17) is 0 Å². The third-order valence-electron chi connectivity index (χ3n) is 3.99. The highest BCUT2D eigenvalue weighted by molar-refractivity contribution is 7.17. The molecular formula is C15H21N3S. The zero-order chi connectivity index (χ0) is 13.2. The SMILES string of the molecule is CC(C)N1CCC(CNc2nccc3sccc23)C1. The minimum absolute atomic E-state index is 0.670. The number of fused-ring (bicyclic) bond motifs is 1. The molecule has 1 aliphatic rings. The van der Waals surface area contributed by atoms with Crippen LogP contribution in [0.15, 0.2) is 23.7 Å². The van der Waals surface area contributed by atoms with Crippen LogP contribution in [0.1, 0.15) is 20.3 Å². The van der Waals surface area contributed by atoms with Crippen LogP contribution in [0.4, 0.5) is 5.82 Å². The molecule has 0 amide bonds. The number of pyridine rings is 1. The molecule has 1 saturated heterocycles. The Morgan fingerprint density at radius 3 is 3.16 bits per heavy atom. The normalized spacial score (nSPS) is 20.5. The molecule has 1 aliphatic heterocycles. The van der Waals surface area contributed by atoms with E-state index in [1.165, 1.54) is 29.6 Å². The summed E-state index contributed by atoms with van der Waals surface area (Å²) in [4.78, 5) is 7.04. The van der Waals surface area contributed by atoms with Crippen molar-refractivity contribution in [1.29, 1.82) is 0 Å². The van der Waals surface area contributed by atoms with Gasteiger partial charge in [-0.1, -0.05) is 0 Å². The van der Waals surface area contributed by atoms with Gasteiger partial charge >= 0.3 is 0 Å². The first-order chi connectivity index (χ1) is 9.24. The number of rotatable bonds is 4. The van der Waals surface area contributed by atoms with Gasteiger partial charge in [-0.05, 0) is 50.2 Å². The summed E-state index contributed by atoms with van der Waals surface area (Å²) in [6, 6.07) is 4.91. The van der Waals surface area contributed by atoms with Gasteiger partial charge in [-0.3, -0.25) is 0 Å². The Balaban J connectivity index is 1.62. The number of thiophene rings is 1. The first kappa shape index (κ1) is 12.9. The van der Waals surface area contributed by atoms with Crippen molar-refractivity contribution < 1.29 is 0 Å². The highest BCUT2D eigenvalue weighted by Crippen LogP contribution is 2.26. The van der Waals surface area contributed by atoms with E-state index in [1.54, 1.807) is 11.3 Å². The van der Waals surface area contributed by atoms with Crippen LogP contribution in [0.2, 0.25) is 0 Å². The lowest BCUT2D eigenvalue weighted by Gasteiger charge is -2.20. The number of anilines is 1. The molecule has 1 atom stereocenters. The van der Waals surface area contributed by atoms with Crippen molar-refractivity contribution in [2.45, 2.75) is 26.3 Å². The van der Waals surface area contributed by atoms with E-state index in [2.05, 4.69) is 46.6 Å². The molecule has 3 nitrogen and oxygen atoms in total. The maximum Gasteiger partial charge on any atom is 0.134 e. The Kier molecular flexibility index (Phi) is 3.71. The molecule has 0 spiro atoms. The van der Waals surface area contributed by atoms with Crippen LogP contribution in [0.3, 0.4) is 0 Å². The van der Waals surface area contributed by atoms with Crippen LogP contribution in [0.5, 0.6) is 0 Å². The van der Waals surface area contributed by atoms with E-state index in [0.717, 1.165) is 18.3 Å². The molecule has 4 heteroatoms. The van der Waals surface area contributed by atoms with Gasteiger partial charge < -0.3 is 10.2 Å². The second-order valence-electron chi connectivity index (χ2n) is 5.62. The summed E-state index contributed by atoms with van der Waals surface area (Å²) in [5, 5.41) is 6.93. The van der Waals surface area contributed by atoms with Gasteiger partial charge in [-0.15, -0.1) is 11.3 Å². The van der Waals surface area contributed by atoms with E-state index in [9.17, 15) is 0 Å². The first-order valence-corrected chi connectivity index (χ1v) is 7.92. The van der Waals surface area contributed by atoms with Crippen molar-refractivity contribution in [3.8, 4) is 0 Å². The molecule has 19 heavy (non-hydrogen) atoms. The zero-order valence-electron chi connectivity index (χ0n) is 11.6. The summed E-state index contributed by atoms with van der Waals surface area (Å²) in [5.41, 5.74) is 0. The molecule has 1 fully saturated rings. The van der Waals surface area contributed by atoms with Crippen LogP contribution in [-0.2, 0) is 0 Å². The molecule has 2 aromatic heterocycles. The predicted molar refractivity (Wildman–Crippen MR) is 82.9 cm³/mol. The van der Waals surface area contributed by atoms with Gasteiger partial charge in [0.25, 0.3) is 0 Å². The molecule has 0 saturated carbocycles. The fraction of sp³-hybridized carbons (Fsp3) is 0.533. The van der Waals surface area contributed by atoms with Crippen LogP contribution in [-0.4, -0.2) is 35.6 Å². The number of hydrogen-bond donors (Lipinski definition) is 1. The average molecular weight is 275 g/mol. The van der Waals surface area contributed by atoms with Crippen LogP contribution >= 0.6 is 11.3 Å². The molecule has 102 valence electrons. The van der Waals surface area contributed by atoms with Gasteiger partial charge in [-0.25, -0.2) is 4.98 Å². The summed E-state index contributed by atoms with van der Waals surface area (Å²) in [6.45, 7) is 8.04. The van der Waals surface area contributed by atoms with Crippen molar-refractivity contribution in [2.24, 2.45) is 5.92 Å². The smallest absolute Gasteiger partial charge is 0.134 e. The van der Waals surface area contributed by atoms with E-state index < -0.39 is 0 Å². The van der Waals surface area contributed by atoms with E-state index >= 15 is 0 Å². The molecule has 1 N–H and O–H groups in total.